The molecule has 3 aromatic rings. The molecule has 0 saturated heterocycles. The van der Waals surface area contributed by atoms with Crippen molar-refractivity contribution in [2.75, 3.05) is 0 Å². The van der Waals surface area contributed by atoms with E-state index in [0.717, 1.165) is 10.4 Å². The van der Waals surface area contributed by atoms with Gasteiger partial charge >= 0.3 is 0 Å². The summed E-state index contributed by atoms with van der Waals surface area (Å²) in [6.07, 6.45) is -0.658. The zero-order valence-corrected chi connectivity index (χ0v) is 15.1. The van der Waals surface area contributed by atoms with Gasteiger partial charge in [-0.2, -0.15) is 5.26 Å². The maximum Gasteiger partial charge on any atom is 0.261 e. The fraction of sp³-hybridized carbons (Fsp3) is 0.143. The fourth-order valence-corrected chi connectivity index (χ4v) is 3.35. The second-order valence-electron chi connectivity index (χ2n) is 5.76. The number of hydrogen-bond acceptors (Lipinski definition) is 4. The van der Waals surface area contributed by atoms with E-state index < -0.39 is 6.10 Å². The van der Waals surface area contributed by atoms with Gasteiger partial charge in [-0.15, -0.1) is 11.3 Å². The van der Waals surface area contributed by atoms with E-state index in [4.69, 9.17) is 10.00 Å². The fourth-order valence-electron chi connectivity index (χ4n) is 2.55. The third-order valence-corrected chi connectivity index (χ3v) is 4.85. The molecule has 0 saturated carbocycles. The van der Waals surface area contributed by atoms with Gasteiger partial charge in [0.15, 0.2) is 6.10 Å². The van der Waals surface area contributed by atoms with Crippen LogP contribution in [0.25, 0.3) is 0 Å². The third kappa shape index (κ3) is 4.29. The number of benzene rings is 2. The van der Waals surface area contributed by atoms with Crippen molar-refractivity contribution in [3.05, 3.63) is 88.1 Å². The molecular formula is C21H18N2O2S. The van der Waals surface area contributed by atoms with E-state index in [-0.39, 0.29) is 11.9 Å². The lowest BCUT2D eigenvalue weighted by Gasteiger charge is -2.21. The molecule has 3 rings (SSSR count). The average Bonchev–Trinajstić information content (AvgIpc) is 3.21. The van der Waals surface area contributed by atoms with Crippen LogP contribution < -0.4 is 10.1 Å². The third-order valence-electron chi connectivity index (χ3n) is 3.91. The van der Waals surface area contributed by atoms with Gasteiger partial charge in [0, 0.05) is 4.88 Å². The Morgan fingerprint density at radius 1 is 1.08 bits per heavy atom. The number of carbonyl (C=O) groups excluding carboxylic acids is 1. The van der Waals surface area contributed by atoms with Crippen molar-refractivity contribution in [2.45, 2.75) is 19.1 Å². The van der Waals surface area contributed by atoms with Crippen LogP contribution >= 0.6 is 11.3 Å². The largest absolute Gasteiger partial charge is 0.481 e. The first-order valence-electron chi connectivity index (χ1n) is 8.23. The predicted molar refractivity (Wildman–Crippen MR) is 102 cm³/mol. The first-order chi connectivity index (χ1) is 12.7. The van der Waals surface area contributed by atoms with E-state index >= 15 is 0 Å². The second kappa shape index (κ2) is 8.32. The van der Waals surface area contributed by atoms with Gasteiger partial charge in [0.2, 0.25) is 0 Å². The topological polar surface area (TPSA) is 62.1 Å². The minimum absolute atomic E-state index is 0.198. The molecule has 0 fully saturated rings. The van der Waals surface area contributed by atoms with Crippen LogP contribution in [0, 0.1) is 11.3 Å². The molecule has 2 unspecified atom stereocenters. The van der Waals surface area contributed by atoms with Crippen LogP contribution in [0.15, 0.2) is 72.1 Å². The zero-order chi connectivity index (χ0) is 18.4. The molecule has 0 aliphatic rings. The molecule has 5 heteroatoms. The zero-order valence-electron chi connectivity index (χ0n) is 14.3. The maximum atomic E-state index is 12.7. The molecular weight excluding hydrogens is 344 g/mol. The van der Waals surface area contributed by atoms with E-state index in [9.17, 15) is 4.79 Å². The van der Waals surface area contributed by atoms with Crippen LogP contribution in [0.4, 0.5) is 0 Å². The monoisotopic (exact) mass is 362 g/mol. The predicted octanol–water partition coefficient (Wildman–Crippen LogP) is 4.29. The number of thiophene rings is 1. The van der Waals surface area contributed by atoms with Gasteiger partial charge in [0.1, 0.15) is 5.75 Å². The number of nitrogens with zero attached hydrogens (tertiary/aromatic N) is 1. The van der Waals surface area contributed by atoms with Gasteiger partial charge in [-0.1, -0.05) is 36.4 Å². The molecule has 4 nitrogen and oxygen atoms in total. The highest BCUT2D eigenvalue weighted by molar-refractivity contribution is 7.10. The summed E-state index contributed by atoms with van der Waals surface area (Å²) in [4.78, 5) is 13.7. The molecule has 0 radical (unpaired) electrons. The minimum Gasteiger partial charge on any atom is -0.481 e. The minimum atomic E-state index is -0.658. The lowest BCUT2D eigenvalue weighted by atomic mass is 10.1. The highest BCUT2D eigenvalue weighted by Crippen LogP contribution is 2.26. The molecule has 0 aliphatic carbocycles. The van der Waals surface area contributed by atoms with E-state index in [1.165, 1.54) is 0 Å². The highest BCUT2D eigenvalue weighted by Gasteiger charge is 2.22. The first-order valence-corrected chi connectivity index (χ1v) is 9.11. The second-order valence-corrected chi connectivity index (χ2v) is 6.74. The number of nitrogens with one attached hydrogen (secondary N) is 1. The lowest BCUT2D eigenvalue weighted by Crippen LogP contribution is -2.38. The maximum absolute atomic E-state index is 12.7. The van der Waals surface area contributed by atoms with Crippen LogP contribution in [0.1, 0.15) is 29.0 Å². The molecule has 26 heavy (non-hydrogen) atoms. The van der Waals surface area contributed by atoms with Gasteiger partial charge in [-0.05, 0) is 48.2 Å². The number of carbonyl (C=O) groups is 1. The molecule has 130 valence electrons. The normalized spacial score (nSPS) is 12.6. The Morgan fingerprint density at radius 3 is 2.42 bits per heavy atom. The van der Waals surface area contributed by atoms with E-state index in [1.807, 2.05) is 47.8 Å². The molecule has 1 aromatic heterocycles. The quantitative estimate of drug-likeness (QED) is 0.711. The molecule has 1 heterocycles. The van der Waals surface area contributed by atoms with Crippen molar-refractivity contribution in [3.8, 4) is 11.8 Å². The number of ether oxygens (including phenoxy) is 1. The van der Waals surface area contributed by atoms with Gasteiger partial charge in [0.25, 0.3) is 5.91 Å². The molecule has 2 atom stereocenters. The molecule has 2 aromatic carbocycles. The van der Waals surface area contributed by atoms with Crippen LogP contribution in [0.3, 0.4) is 0 Å². The number of rotatable bonds is 6. The molecule has 0 aliphatic heterocycles. The summed E-state index contributed by atoms with van der Waals surface area (Å²) in [6, 6.07) is 22.4. The summed E-state index contributed by atoms with van der Waals surface area (Å²) in [5, 5.41) is 13.9. The average molecular weight is 362 g/mol. The Morgan fingerprint density at radius 2 is 1.81 bits per heavy atom. The van der Waals surface area contributed by atoms with E-state index in [2.05, 4.69) is 11.4 Å². The van der Waals surface area contributed by atoms with Gasteiger partial charge in [-0.25, -0.2) is 0 Å². The van der Waals surface area contributed by atoms with Crippen LogP contribution in [0.2, 0.25) is 0 Å². The van der Waals surface area contributed by atoms with Crippen LogP contribution in [-0.2, 0) is 4.79 Å². The van der Waals surface area contributed by atoms with Crippen molar-refractivity contribution in [1.29, 1.82) is 5.26 Å². The molecule has 1 N–H and O–H groups in total. The van der Waals surface area contributed by atoms with Crippen molar-refractivity contribution < 1.29 is 9.53 Å². The lowest BCUT2D eigenvalue weighted by molar-refractivity contribution is -0.127. The summed E-state index contributed by atoms with van der Waals surface area (Å²) < 4.78 is 5.71. The van der Waals surface area contributed by atoms with Crippen LogP contribution in [0.5, 0.6) is 5.75 Å². The Bertz CT molecular complexity index is 884. The molecule has 1 amide bonds. The molecule has 0 spiro atoms. The Balaban J connectivity index is 1.72. The van der Waals surface area contributed by atoms with Crippen molar-refractivity contribution in [3.63, 3.8) is 0 Å². The Labute approximate surface area is 156 Å². The van der Waals surface area contributed by atoms with Crippen molar-refractivity contribution >= 4 is 17.2 Å². The van der Waals surface area contributed by atoms with Crippen molar-refractivity contribution in [2.24, 2.45) is 0 Å². The summed E-state index contributed by atoms with van der Waals surface area (Å²) in [7, 11) is 0. The van der Waals surface area contributed by atoms with E-state index in [0.29, 0.717) is 11.3 Å². The number of nitriles is 1. The standard InChI is InChI=1S/C21H18N2O2S/c1-15(25-18-11-9-16(14-22)10-12-18)21(24)23-20(19-8-5-13-26-19)17-6-3-2-4-7-17/h2-13,15,20H,1H3,(H,23,24). The number of hydrogen-bond donors (Lipinski definition) is 1. The highest BCUT2D eigenvalue weighted by atomic mass is 32.1. The smallest absolute Gasteiger partial charge is 0.261 e. The summed E-state index contributed by atoms with van der Waals surface area (Å²) in [5.41, 5.74) is 1.57. The van der Waals surface area contributed by atoms with Gasteiger partial charge in [0.05, 0.1) is 17.7 Å². The summed E-state index contributed by atoms with van der Waals surface area (Å²) in [5.74, 6) is 0.357. The van der Waals surface area contributed by atoms with Gasteiger partial charge < -0.3 is 10.1 Å². The van der Waals surface area contributed by atoms with E-state index in [1.54, 1.807) is 42.5 Å². The van der Waals surface area contributed by atoms with Crippen LogP contribution in [-0.4, -0.2) is 12.0 Å². The summed E-state index contributed by atoms with van der Waals surface area (Å²) >= 11 is 1.60. The van der Waals surface area contributed by atoms with Crippen molar-refractivity contribution in [1.82, 2.24) is 5.32 Å². The summed E-state index contributed by atoms with van der Waals surface area (Å²) in [6.45, 7) is 1.71. The molecule has 0 bridgehead atoms. The van der Waals surface area contributed by atoms with Gasteiger partial charge in [-0.3, -0.25) is 4.79 Å². The Hall–Kier alpha value is -3.10. The Kier molecular flexibility index (Phi) is 5.67. The first kappa shape index (κ1) is 17.7. The SMILES string of the molecule is CC(Oc1ccc(C#N)cc1)C(=O)NC(c1ccccc1)c1cccs1. The number of amides is 1.